The van der Waals surface area contributed by atoms with Crippen LogP contribution < -0.4 is 0 Å². The Balaban J connectivity index is 1.51. The molecule has 3 amide bonds. The molecule has 1 saturated carbocycles. The quantitative estimate of drug-likeness (QED) is 0.199. The molecule has 3 aliphatic heterocycles. The molecular formula is C33H44BrN3O5. The number of hydrogen-bond acceptors (Lipinski definition) is 5. The van der Waals surface area contributed by atoms with Gasteiger partial charge in [-0.25, -0.2) is 0 Å². The average molecular weight is 643 g/mol. The lowest BCUT2D eigenvalue weighted by molar-refractivity contribution is -0.150. The van der Waals surface area contributed by atoms with Crippen LogP contribution in [0.15, 0.2) is 55.6 Å². The number of carbonyl (C=O) groups excluding carboxylic acids is 3. The second-order valence-electron chi connectivity index (χ2n) is 12.2. The molecule has 1 aromatic carbocycles. The summed E-state index contributed by atoms with van der Waals surface area (Å²) < 4.78 is 6.76. The number of ether oxygens (including phenoxy) is 1. The van der Waals surface area contributed by atoms with Gasteiger partial charge in [0.2, 0.25) is 17.7 Å². The average Bonchev–Trinajstić information content (AvgIpc) is 3.59. The maximum absolute atomic E-state index is 14.6. The second-order valence-corrected chi connectivity index (χ2v) is 13.4. The van der Waals surface area contributed by atoms with Crippen molar-refractivity contribution >= 4 is 33.7 Å². The van der Waals surface area contributed by atoms with Gasteiger partial charge in [-0.15, -0.1) is 13.2 Å². The highest BCUT2D eigenvalue weighted by Gasteiger charge is 2.76. The van der Waals surface area contributed by atoms with Gasteiger partial charge in [0.15, 0.2) is 0 Å². The summed E-state index contributed by atoms with van der Waals surface area (Å²) in [5, 5.41) is 9.48. The van der Waals surface area contributed by atoms with Crippen LogP contribution in [0.25, 0.3) is 0 Å². The van der Waals surface area contributed by atoms with E-state index in [4.69, 9.17) is 4.74 Å². The molecule has 0 aromatic heterocycles. The van der Waals surface area contributed by atoms with E-state index >= 15 is 0 Å². The molecule has 8 nitrogen and oxygen atoms in total. The van der Waals surface area contributed by atoms with Gasteiger partial charge in [0.05, 0.1) is 17.9 Å². The Morgan fingerprint density at radius 2 is 1.79 bits per heavy atom. The highest BCUT2D eigenvalue weighted by molar-refractivity contribution is 9.09. The van der Waals surface area contributed by atoms with Gasteiger partial charge in [-0.1, -0.05) is 77.7 Å². The number of nitrogens with zero attached hydrogens (tertiary/aromatic N) is 3. The lowest BCUT2D eigenvalue weighted by Crippen LogP contribution is -2.58. The summed E-state index contributed by atoms with van der Waals surface area (Å²) in [4.78, 5) is 48.6. The summed E-state index contributed by atoms with van der Waals surface area (Å²) in [6.07, 6.45) is 9.71. The van der Waals surface area contributed by atoms with Gasteiger partial charge in [0, 0.05) is 43.7 Å². The molecule has 4 fully saturated rings. The number of benzene rings is 1. The minimum Gasteiger partial charge on any atom is -0.396 e. The van der Waals surface area contributed by atoms with Gasteiger partial charge in [0.1, 0.15) is 11.6 Å². The zero-order chi connectivity index (χ0) is 29.9. The molecule has 1 N–H and O–H groups in total. The van der Waals surface area contributed by atoms with Crippen LogP contribution >= 0.6 is 15.9 Å². The molecule has 9 heteroatoms. The predicted molar refractivity (Wildman–Crippen MR) is 165 cm³/mol. The van der Waals surface area contributed by atoms with E-state index in [1.807, 2.05) is 35.2 Å². The number of aliphatic hydroxyl groups is 1. The third kappa shape index (κ3) is 5.60. The molecule has 42 heavy (non-hydrogen) atoms. The molecule has 1 spiro atoms. The molecule has 3 unspecified atom stereocenters. The molecule has 6 atom stereocenters. The molecule has 1 aliphatic carbocycles. The molecule has 3 heterocycles. The largest absolute Gasteiger partial charge is 0.396 e. The summed E-state index contributed by atoms with van der Waals surface area (Å²) in [6.45, 7) is 9.30. The van der Waals surface area contributed by atoms with Gasteiger partial charge in [0.25, 0.3) is 0 Å². The maximum atomic E-state index is 14.6. The van der Waals surface area contributed by atoms with Crippen molar-refractivity contribution in [1.82, 2.24) is 14.7 Å². The Morgan fingerprint density at radius 3 is 2.45 bits per heavy atom. The zero-order valence-corrected chi connectivity index (χ0v) is 26.0. The molecule has 5 rings (SSSR count). The first-order valence-electron chi connectivity index (χ1n) is 15.5. The van der Waals surface area contributed by atoms with Crippen molar-refractivity contribution in [3.05, 3.63) is 61.2 Å². The van der Waals surface area contributed by atoms with Gasteiger partial charge >= 0.3 is 0 Å². The van der Waals surface area contributed by atoms with Crippen LogP contribution in [0.2, 0.25) is 0 Å². The molecule has 3 saturated heterocycles. The molecule has 228 valence electrons. The Morgan fingerprint density at radius 1 is 1.07 bits per heavy atom. The Bertz CT molecular complexity index is 1160. The van der Waals surface area contributed by atoms with Crippen molar-refractivity contribution in [2.45, 2.75) is 86.5 Å². The summed E-state index contributed by atoms with van der Waals surface area (Å²) >= 11 is 3.80. The van der Waals surface area contributed by atoms with E-state index < -0.39 is 29.6 Å². The van der Waals surface area contributed by atoms with Crippen molar-refractivity contribution in [2.75, 3.05) is 26.2 Å². The van der Waals surface area contributed by atoms with Crippen LogP contribution in [-0.4, -0.2) is 92.4 Å². The fourth-order valence-corrected chi connectivity index (χ4v) is 8.78. The monoisotopic (exact) mass is 641 g/mol. The number of likely N-dealkylation sites (tertiary alicyclic amines) is 1. The van der Waals surface area contributed by atoms with E-state index in [1.165, 1.54) is 0 Å². The van der Waals surface area contributed by atoms with Gasteiger partial charge in [-0.3, -0.25) is 14.4 Å². The van der Waals surface area contributed by atoms with Crippen molar-refractivity contribution in [3.8, 4) is 0 Å². The number of aliphatic hydroxyl groups excluding tert-OH is 1. The van der Waals surface area contributed by atoms with Crippen molar-refractivity contribution in [2.24, 2.45) is 11.8 Å². The van der Waals surface area contributed by atoms with Crippen LogP contribution in [0.3, 0.4) is 0 Å². The Labute approximate surface area is 257 Å². The van der Waals surface area contributed by atoms with Crippen molar-refractivity contribution < 1.29 is 24.2 Å². The number of unbranched alkanes of at least 4 members (excludes halogenated alkanes) is 1. The highest BCUT2D eigenvalue weighted by atomic mass is 79.9. The van der Waals surface area contributed by atoms with E-state index in [0.717, 1.165) is 37.7 Å². The molecular weight excluding hydrogens is 598 g/mol. The first-order chi connectivity index (χ1) is 20.4. The number of carbonyl (C=O) groups is 3. The fourth-order valence-electron chi connectivity index (χ4n) is 7.84. The van der Waals surface area contributed by atoms with Crippen LogP contribution in [0.1, 0.15) is 56.9 Å². The molecule has 4 aliphatic rings. The number of amides is 3. The highest BCUT2D eigenvalue weighted by Crippen LogP contribution is 2.60. The van der Waals surface area contributed by atoms with E-state index in [1.54, 1.807) is 22.0 Å². The molecule has 0 radical (unpaired) electrons. The topological polar surface area (TPSA) is 90.4 Å². The third-order valence-corrected chi connectivity index (χ3v) is 10.5. The maximum Gasteiger partial charge on any atom is 0.248 e. The zero-order valence-electron chi connectivity index (χ0n) is 24.4. The molecule has 2 bridgehead atoms. The number of rotatable bonds is 13. The van der Waals surface area contributed by atoms with E-state index in [9.17, 15) is 19.5 Å². The first-order valence-corrected chi connectivity index (χ1v) is 16.4. The van der Waals surface area contributed by atoms with E-state index in [0.29, 0.717) is 45.4 Å². The van der Waals surface area contributed by atoms with Crippen LogP contribution in [0.5, 0.6) is 0 Å². The van der Waals surface area contributed by atoms with Crippen LogP contribution in [0, 0.1) is 11.8 Å². The minimum absolute atomic E-state index is 0.0129. The Kier molecular flexibility index (Phi) is 9.90. The van der Waals surface area contributed by atoms with E-state index in [2.05, 4.69) is 29.1 Å². The van der Waals surface area contributed by atoms with Crippen LogP contribution in [-0.2, 0) is 25.7 Å². The SMILES string of the molecule is C=CCN(Cc1ccccc1)C(=O)[C@H]1[C@@H]2OC3(CC2Br)C(C(=O)N(CC=C)C2CCCCC2)N(CCCCO)C(=O)[C@H]13. The first kappa shape index (κ1) is 31.0. The van der Waals surface area contributed by atoms with Crippen molar-refractivity contribution in [3.63, 3.8) is 0 Å². The summed E-state index contributed by atoms with van der Waals surface area (Å²) in [5.74, 6) is -1.90. The Hall–Kier alpha value is -2.49. The second kappa shape index (κ2) is 13.4. The van der Waals surface area contributed by atoms with E-state index in [-0.39, 0.29) is 35.2 Å². The fraction of sp³-hybridized carbons (Fsp3) is 0.606. The summed E-state index contributed by atoms with van der Waals surface area (Å²) in [6, 6.07) is 9.06. The number of halogens is 1. The smallest absolute Gasteiger partial charge is 0.248 e. The standard InChI is InChI=1S/C33H44BrN3O5/c1-3-17-35(22-23-13-7-5-8-14-23)30(39)26-27-31(40)37(19-11-12-20-38)29(33(27)21-25(34)28(26)42-33)32(41)36(18-4-2)24-15-9-6-10-16-24/h3-5,7-8,13-14,24-29,38H,1-2,6,9-12,15-22H2/t25?,26-,27+,28-,29?,33?/m1/s1. The van der Waals surface area contributed by atoms with Gasteiger partial charge < -0.3 is 24.5 Å². The van der Waals surface area contributed by atoms with Crippen LogP contribution in [0.4, 0.5) is 0 Å². The third-order valence-electron chi connectivity index (χ3n) is 9.62. The molecule has 1 aromatic rings. The normalized spacial score (nSPS) is 30.3. The lowest BCUT2D eigenvalue weighted by Gasteiger charge is -2.41. The number of hydrogen-bond donors (Lipinski definition) is 1. The summed E-state index contributed by atoms with van der Waals surface area (Å²) in [5.41, 5.74) is -0.0985. The van der Waals surface area contributed by atoms with Gasteiger partial charge in [-0.2, -0.15) is 0 Å². The lowest BCUT2D eigenvalue weighted by atomic mass is 9.70. The number of fused-ring (bicyclic) bond motifs is 1. The van der Waals surface area contributed by atoms with Gasteiger partial charge in [-0.05, 0) is 37.7 Å². The predicted octanol–water partition coefficient (Wildman–Crippen LogP) is 4.07. The van der Waals surface area contributed by atoms with Crippen molar-refractivity contribution in [1.29, 1.82) is 0 Å². The summed E-state index contributed by atoms with van der Waals surface area (Å²) in [7, 11) is 0. The number of alkyl halides is 1. The minimum atomic E-state index is -1.09.